The lowest BCUT2D eigenvalue weighted by molar-refractivity contribution is 0.411. The molecule has 0 aliphatic rings. The van der Waals surface area contributed by atoms with Crippen LogP contribution in [0.5, 0.6) is 5.75 Å². The van der Waals surface area contributed by atoms with E-state index in [2.05, 4.69) is 9.97 Å². The van der Waals surface area contributed by atoms with Gasteiger partial charge in [0.05, 0.1) is 12.8 Å². The van der Waals surface area contributed by atoms with Crippen molar-refractivity contribution in [3.8, 4) is 17.0 Å². The Morgan fingerprint density at radius 2 is 1.95 bits per heavy atom. The fourth-order valence-corrected chi connectivity index (χ4v) is 2.02. The van der Waals surface area contributed by atoms with Crippen molar-refractivity contribution < 1.29 is 9.13 Å². The molecule has 0 bridgehead atoms. The number of hydrogen-bond acceptors (Lipinski definition) is 3. The maximum Gasteiger partial charge on any atom is 0.136 e. The van der Waals surface area contributed by atoms with Crippen molar-refractivity contribution in [1.82, 2.24) is 9.97 Å². The molecule has 20 heavy (non-hydrogen) atoms. The molecule has 1 aromatic carbocycles. The smallest absolute Gasteiger partial charge is 0.136 e. The van der Waals surface area contributed by atoms with Crippen LogP contribution in [0.3, 0.4) is 0 Å². The van der Waals surface area contributed by atoms with Crippen molar-refractivity contribution in [2.75, 3.05) is 7.11 Å². The minimum absolute atomic E-state index is 0.119. The lowest BCUT2D eigenvalue weighted by atomic mass is 10.1. The van der Waals surface area contributed by atoms with Gasteiger partial charge in [0, 0.05) is 23.1 Å². The monoisotopic (exact) mass is 294 g/mol. The van der Waals surface area contributed by atoms with Gasteiger partial charge in [-0.3, -0.25) is 0 Å². The van der Waals surface area contributed by atoms with Gasteiger partial charge in [0.15, 0.2) is 0 Å². The Hall–Kier alpha value is -1.68. The summed E-state index contributed by atoms with van der Waals surface area (Å²) in [6, 6.07) is 4.67. The predicted molar refractivity (Wildman–Crippen MR) is 77.8 cm³/mol. The van der Waals surface area contributed by atoms with Crippen LogP contribution in [0.4, 0.5) is 4.39 Å². The van der Waals surface area contributed by atoms with Crippen LogP contribution in [0.15, 0.2) is 18.2 Å². The Balaban J connectivity index is 2.62. The van der Waals surface area contributed by atoms with Gasteiger partial charge in [-0.1, -0.05) is 25.4 Å². The molecule has 1 heterocycles. The van der Waals surface area contributed by atoms with E-state index in [-0.39, 0.29) is 5.92 Å². The van der Waals surface area contributed by atoms with Crippen molar-refractivity contribution in [2.24, 2.45) is 0 Å². The zero-order chi connectivity index (χ0) is 14.9. The first-order chi connectivity index (χ1) is 9.43. The highest BCUT2D eigenvalue weighted by Crippen LogP contribution is 2.30. The molecule has 0 aliphatic heterocycles. The average Bonchev–Trinajstić information content (AvgIpc) is 2.41. The van der Waals surface area contributed by atoms with Crippen LogP contribution in [0.1, 0.15) is 31.2 Å². The Morgan fingerprint density at radius 3 is 2.50 bits per heavy atom. The molecule has 0 N–H and O–H groups in total. The van der Waals surface area contributed by atoms with E-state index in [1.807, 2.05) is 13.8 Å². The summed E-state index contributed by atoms with van der Waals surface area (Å²) in [4.78, 5) is 8.67. The van der Waals surface area contributed by atoms with Gasteiger partial charge in [0.2, 0.25) is 0 Å². The van der Waals surface area contributed by atoms with Crippen LogP contribution in [0.25, 0.3) is 11.3 Å². The number of nitrogens with zero attached hydrogens (tertiary/aromatic N) is 2. The first-order valence-electron chi connectivity index (χ1n) is 6.32. The van der Waals surface area contributed by atoms with Crippen LogP contribution in [-0.2, 0) is 0 Å². The molecule has 2 aromatic rings. The minimum atomic E-state index is -0.392. The van der Waals surface area contributed by atoms with Crippen molar-refractivity contribution in [1.29, 1.82) is 0 Å². The third-order valence-electron chi connectivity index (χ3n) is 3.05. The fraction of sp³-hybridized carbons (Fsp3) is 0.333. The number of aromatic nitrogens is 2. The molecule has 106 valence electrons. The highest BCUT2D eigenvalue weighted by molar-refractivity contribution is 6.30. The highest BCUT2D eigenvalue weighted by Gasteiger charge is 2.16. The van der Waals surface area contributed by atoms with Gasteiger partial charge in [-0.25, -0.2) is 14.4 Å². The molecule has 0 unspecified atom stereocenters. The average molecular weight is 295 g/mol. The standard InChI is InChI=1S/C15H16ClFN2O/c1-8(2)15-18-13(9(3)14(16)19-15)11-6-5-10(20-4)7-12(11)17/h5-8H,1-4H3. The summed E-state index contributed by atoms with van der Waals surface area (Å²) in [5, 5.41) is 0.355. The second-order valence-electron chi connectivity index (χ2n) is 4.85. The first kappa shape index (κ1) is 14.7. The summed E-state index contributed by atoms with van der Waals surface area (Å²) in [5.41, 5.74) is 1.59. The van der Waals surface area contributed by atoms with Gasteiger partial charge in [0.25, 0.3) is 0 Å². The molecular weight excluding hydrogens is 279 g/mol. The van der Waals surface area contributed by atoms with Gasteiger partial charge in [-0.2, -0.15) is 0 Å². The van der Waals surface area contributed by atoms with Crippen molar-refractivity contribution in [3.63, 3.8) is 0 Å². The number of ether oxygens (including phenoxy) is 1. The van der Waals surface area contributed by atoms with E-state index in [0.717, 1.165) is 0 Å². The van der Waals surface area contributed by atoms with Crippen molar-refractivity contribution in [3.05, 3.63) is 40.6 Å². The third kappa shape index (κ3) is 2.75. The van der Waals surface area contributed by atoms with Gasteiger partial charge in [-0.15, -0.1) is 0 Å². The van der Waals surface area contributed by atoms with E-state index in [9.17, 15) is 4.39 Å². The van der Waals surface area contributed by atoms with Crippen LogP contribution < -0.4 is 4.74 Å². The second-order valence-corrected chi connectivity index (χ2v) is 5.20. The van der Waals surface area contributed by atoms with E-state index < -0.39 is 5.82 Å². The Kier molecular flexibility index (Phi) is 4.23. The summed E-state index contributed by atoms with van der Waals surface area (Å²) < 4.78 is 19.2. The van der Waals surface area contributed by atoms with E-state index in [4.69, 9.17) is 16.3 Å². The zero-order valence-electron chi connectivity index (χ0n) is 11.9. The molecular formula is C15H16ClFN2O. The number of halogens is 2. The van der Waals surface area contributed by atoms with E-state index in [0.29, 0.717) is 33.5 Å². The lowest BCUT2D eigenvalue weighted by Crippen LogP contribution is -2.03. The Morgan fingerprint density at radius 1 is 1.25 bits per heavy atom. The summed E-state index contributed by atoms with van der Waals surface area (Å²) >= 11 is 6.13. The molecule has 0 aliphatic carbocycles. The maximum absolute atomic E-state index is 14.2. The molecule has 0 fully saturated rings. The molecule has 0 saturated heterocycles. The number of rotatable bonds is 3. The first-order valence-corrected chi connectivity index (χ1v) is 6.69. The molecule has 0 amide bonds. The summed E-state index contributed by atoms with van der Waals surface area (Å²) in [6.45, 7) is 5.72. The fourth-order valence-electron chi connectivity index (χ4n) is 1.84. The molecule has 0 atom stereocenters. The van der Waals surface area contributed by atoms with E-state index >= 15 is 0 Å². The quantitative estimate of drug-likeness (QED) is 0.788. The largest absolute Gasteiger partial charge is 0.497 e. The minimum Gasteiger partial charge on any atom is -0.497 e. The van der Waals surface area contributed by atoms with Crippen molar-refractivity contribution in [2.45, 2.75) is 26.7 Å². The van der Waals surface area contributed by atoms with Crippen LogP contribution in [-0.4, -0.2) is 17.1 Å². The molecule has 2 rings (SSSR count). The van der Waals surface area contributed by atoms with Gasteiger partial charge < -0.3 is 4.74 Å². The summed E-state index contributed by atoms with van der Waals surface area (Å²) in [5.74, 6) is 0.795. The second kappa shape index (κ2) is 5.75. The van der Waals surface area contributed by atoms with Gasteiger partial charge >= 0.3 is 0 Å². The van der Waals surface area contributed by atoms with Crippen molar-refractivity contribution >= 4 is 11.6 Å². The van der Waals surface area contributed by atoms with Crippen LogP contribution in [0, 0.1) is 12.7 Å². The van der Waals surface area contributed by atoms with Crippen LogP contribution >= 0.6 is 11.6 Å². The molecule has 1 aromatic heterocycles. The lowest BCUT2D eigenvalue weighted by Gasteiger charge is -2.12. The molecule has 5 heteroatoms. The predicted octanol–water partition coefficient (Wildman–Crippen LogP) is 4.38. The van der Waals surface area contributed by atoms with Gasteiger partial charge in [-0.05, 0) is 19.1 Å². The summed E-state index contributed by atoms with van der Waals surface area (Å²) in [7, 11) is 1.50. The maximum atomic E-state index is 14.2. The SMILES string of the molecule is COc1ccc(-c2nc(C(C)C)nc(Cl)c2C)c(F)c1. The zero-order valence-corrected chi connectivity index (χ0v) is 12.6. The number of hydrogen-bond donors (Lipinski definition) is 0. The normalized spacial score (nSPS) is 10.9. The topological polar surface area (TPSA) is 35.0 Å². The Labute approximate surface area is 122 Å². The molecule has 0 saturated carbocycles. The van der Waals surface area contributed by atoms with E-state index in [1.165, 1.54) is 13.2 Å². The summed E-state index contributed by atoms with van der Waals surface area (Å²) in [6.07, 6.45) is 0. The molecule has 3 nitrogen and oxygen atoms in total. The van der Waals surface area contributed by atoms with Crippen LogP contribution in [0.2, 0.25) is 5.15 Å². The third-order valence-corrected chi connectivity index (χ3v) is 3.42. The number of methoxy groups -OCH3 is 1. The number of benzene rings is 1. The highest BCUT2D eigenvalue weighted by atomic mass is 35.5. The van der Waals surface area contributed by atoms with Gasteiger partial charge in [0.1, 0.15) is 22.5 Å². The molecule has 0 spiro atoms. The molecule has 0 radical (unpaired) electrons. The van der Waals surface area contributed by atoms with E-state index in [1.54, 1.807) is 19.1 Å². The Bertz CT molecular complexity index is 644.